The van der Waals surface area contributed by atoms with Gasteiger partial charge in [0.25, 0.3) is 0 Å². The van der Waals surface area contributed by atoms with Crippen LogP contribution in [0.1, 0.15) is 33.1 Å². The molecule has 0 spiro atoms. The minimum atomic E-state index is -0.945. The van der Waals surface area contributed by atoms with Crippen LogP contribution in [0.2, 0.25) is 0 Å². The number of carbonyl (C=O) groups is 1. The number of nitrogens with one attached hydrogen (secondary N) is 1. The normalized spacial score (nSPS) is 12.3. The molecule has 0 fully saturated rings. The number of fused-ring (bicyclic) bond motifs is 1. The van der Waals surface area contributed by atoms with Gasteiger partial charge in [-0.2, -0.15) is 5.21 Å². The van der Waals surface area contributed by atoms with Gasteiger partial charge in [-0.15, -0.1) is 21.5 Å². The number of aromatic carboxylic acids is 1. The Kier molecular flexibility index (Phi) is 4.40. The lowest BCUT2D eigenvalue weighted by Gasteiger charge is -2.20. The molecule has 0 aliphatic carbocycles. The number of H-pyrrole nitrogens is 1. The third-order valence-corrected chi connectivity index (χ3v) is 6.25. The lowest BCUT2D eigenvalue weighted by Crippen LogP contribution is -2.13. The molecular formula is C22H17N5O2S. The van der Waals surface area contributed by atoms with Crippen molar-refractivity contribution in [2.45, 2.75) is 5.92 Å². The number of hydrogen-bond donors (Lipinski definition) is 2. The first-order chi connectivity index (χ1) is 14.7. The van der Waals surface area contributed by atoms with Gasteiger partial charge >= 0.3 is 5.97 Å². The van der Waals surface area contributed by atoms with Crippen LogP contribution in [0.3, 0.4) is 0 Å². The van der Waals surface area contributed by atoms with Crippen LogP contribution in [0, 0.1) is 0 Å². The lowest BCUT2D eigenvalue weighted by molar-refractivity contribution is 0.0697. The van der Waals surface area contributed by atoms with Crippen molar-refractivity contribution in [2.24, 2.45) is 7.05 Å². The fraction of sp³-hybridized carbons (Fsp3) is 0.0909. The van der Waals surface area contributed by atoms with Crippen molar-refractivity contribution in [3.8, 4) is 10.7 Å². The number of nitrogens with zero attached hydrogens (tertiary/aromatic N) is 4. The Bertz CT molecular complexity index is 1340. The second kappa shape index (κ2) is 7.23. The van der Waals surface area contributed by atoms with E-state index in [2.05, 4.69) is 20.6 Å². The fourth-order valence-corrected chi connectivity index (χ4v) is 4.96. The minimum Gasteiger partial charge on any atom is -0.478 e. The quantitative estimate of drug-likeness (QED) is 0.446. The zero-order chi connectivity index (χ0) is 20.7. The monoisotopic (exact) mass is 415 g/mol. The SMILES string of the molecule is Cn1c(C(c2ccccc2)c2ccsc2-c2nn[nH]n2)c(C(=O)O)c2ccccc21. The maximum Gasteiger partial charge on any atom is 0.338 e. The molecule has 3 aromatic heterocycles. The summed E-state index contributed by atoms with van der Waals surface area (Å²) < 4.78 is 1.98. The van der Waals surface area contributed by atoms with Crippen molar-refractivity contribution in [3.63, 3.8) is 0 Å². The smallest absolute Gasteiger partial charge is 0.338 e. The summed E-state index contributed by atoms with van der Waals surface area (Å²) in [5.74, 6) is -0.759. The second-order valence-electron chi connectivity index (χ2n) is 6.93. The zero-order valence-electron chi connectivity index (χ0n) is 16.0. The molecule has 148 valence electrons. The first kappa shape index (κ1) is 18.3. The van der Waals surface area contributed by atoms with E-state index in [9.17, 15) is 9.90 Å². The van der Waals surface area contributed by atoms with E-state index < -0.39 is 5.97 Å². The summed E-state index contributed by atoms with van der Waals surface area (Å²) in [4.78, 5) is 13.3. The van der Waals surface area contributed by atoms with Crippen LogP contribution in [-0.2, 0) is 7.05 Å². The highest BCUT2D eigenvalue weighted by Crippen LogP contribution is 2.43. The van der Waals surface area contributed by atoms with Crippen molar-refractivity contribution in [3.05, 3.63) is 88.4 Å². The summed E-state index contributed by atoms with van der Waals surface area (Å²) in [6, 6.07) is 19.5. The molecule has 0 amide bonds. The van der Waals surface area contributed by atoms with Crippen LogP contribution in [0.4, 0.5) is 0 Å². The van der Waals surface area contributed by atoms with Crippen molar-refractivity contribution in [1.82, 2.24) is 25.2 Å². The van der Waals surface area contributed by atoms with Crippen molar-refractivity contribution >= 4 is 28.2 Å². The molecule has 2 N–H and O–H groups in total. The first-order valence-electron chi connectivity index (χ1n) is 9.33. The van der Waals surface area contributed by atoms with Gasteiger partial charge in [-0.1, -0.05) is 48.5 Å². The maximum absolute atomic E-state index is 12.4. The molecule has 0 aliphatic rings. The van der Waals surface area contributed by atoms with Crippen LogP contribution in [0.25, 0.3) is 21.6 Å². The van der Waals surface area contributed by atoms with E-state index >= 15 is 0 Å². The molecule has 5 aromatic rings. The molecule has 1 unspecified atom stereocenters. The van der Waals surface area contributed by atoms with Gasteiger partial charge in [0.2, 0.25) is 5.82 Å². The Morgan fingerprint density at radius 1 is 1.10 bits per heavy atom. The molecule has 0 bridgehead atoms. The number of para-hydroxylation sites is 1. The number of aromatic nitrogens is 5. The molecule has 0 saturated heterocycles. The largest absolute Gasteiger partial charge is 0.478 e. The summed E-state index contributed by atoms with van der Waals surface area (Å²) >= 11 is 1.51. The number of aryl methyl sites for hydroxylation is 1. The molecule has 8 heteroatoms. The molecule has 3 heterocycles. The maximum atomic E-state index is 12.4. The van der Waals surface area contributed by atoms with E-state index in [0.717, 1.165) is 32.6 Å². The summed E-state index contributed by atoms with van der Waals surface area (Å²) in [7, 11) is 1.92. The predicted molar refractivity (Wildman–Crippen MR) is 115 cm³/mol. The molecule has 0 aliphatic heterocycles. The molecular weight excluding hydrogens is 398 g/mol. The number of rotatable bonds is 5. The molecule has 1 atom stereocenters. The number of carboxylic acid groups (broad SMARTS) is 1. The van der Waals surface area contributed by atoms with Gasteiger partial charge in [0.05, 0.1) is 16.4 Å². The van der Waals surface area contributed by atoms with Gasteiger partial charge in [0.1, 0.15) is 0 Å². The molecule has 30 heavy (non-hydrogen) atoms. The van der Waals surface area contributed by atoms with Crippen LogP contribution in [0.15, 0.2) is 66.0 Å². The van der Waals surface area contributed by atoms with Gasteiger partial charge in [-0.25, -0.2) is 4.79 Å². The molecule has 2 aromatic carbocycles. The third-order valence-electron chi connectivity index (χ3n) is 5.33. The van der Waals surface area contributed by atoms with Crippen LogP contribution < -0.4 is 0 Å². The average molecular weight is 415 g/mol. The highest BCUT2D eigenvalue weighted by atomic mass is 32.1. The van der Waals surface area contributed by atoms with E-state index in [1.807, 2.05) is 77.7 Å². The lowest BCUT2D eigenvalue weighted by atomic mass is 9.86. The number of carboxylic acids is 1. The standard InChI is InChI=1S/C22H17N5O2S/c1-27-16-10-6-5-9-14(16)18(22(28)29)19(27)17(13-7-3-2-4-8-13)15-11-12-30-20(15)21-23-25-26-24-21/h2-12,17H,1H3,(H,28,29)(H,23,24,25,26). The van der Waals surface area contributed by atoms with E-state index in [-0.39, 0.29) is 5.92 Å². The molecule has 0 radical (unpaired) electrons. The van der Waals surface area contributed by atoms with E-state index in [1.54, 1.807) is 0 Å². The Balaban J connectivity index is 1.85. The van der Waals surface area contributed by atoms with Gasteiger partial charge in [0, 0.05) is 23.6 Å². The van der Waals surface area contributed by atoms with Crippen molar-refractivity contribution < 1.29 is 9.90 Å². The third kappa shape index (κ3) is 2.81. The molecule has 5 rings (SSSR count). The number of hydrogen-bond acceptors (Lipinski definition) is 5. The van der Waals surface area contributed by atoms with Crippen LogP contribution in [0.5, 0.6) is 0 Å². The van der Waals surface area contributed by atoms with Gasteiger partial charge in [-0.3, -0.25) is 0 Å². The Labute approximate surface area is 175 Å². The van der Waals surface area contributed by atoms with E-state index in [1.165, 1.54) is 11.3 Å². The fourth-order valence-electron chi connectivity index (χ4n) is 4.09. The van der Waals surface area contributed by atoms with Crippen LogP contribution in [-0.4, -0.2) is 36.3 Å². The summed E-state index contributed by atoms with van der Waals surface area (Å²) in [5, 5.41) is 27.4. The van der Waals surface area contributed by atoms with E-state index in [0.29, 0.717) is 11.4 Å². The van der Waals surface area contributed by atoms with E-state index in [4.69, 9.17) is 0 Å². The average Bonchev–Trinajstić information content (AvgIpc) is 3.50. The predicted octanol–water partition coefficient (Wildman–Crippen LogP) is 4.30. The molecule has 7 nitrogen and oxygen atoms in total. The summed E-state index contributed by atoms with van der Waals surface area (Å²) in [5.41, 5.74) is 3.85. The number of thiophene rings is 1. The first-order valence-corrected chi connectivity index (χ1v) is 10.2. The zero-order valence-corrected chi connectivity index (χ0v) is 16.8. The second-order valence-corrected chi connectivity index (χ2v) is 7.84. The topological polar surface area (TPSA) is 96.7 Å². The van der Waals surface area contributed by atoms with Gasteiger partial charge in [0.15, 0.2) is 0 Å². The number of tetrazole rings is 1. The van der Waals surface area contributed by atoms with Crippen LogP contribution >= 0.6 is 11.3 Å². The van der Waals surface area contributed by atoms with Crippen molar-refractivity contribution in [1.29, 1.82) is 0 Å². The van der Waals surface area contributed by atoms with Crippen molar-refractivity contribution in [2.75, 3.05) is 0 Å². The highest BCUT2D eigenvalue weighted by Gasteiger charge is 2.31. The van der Waals surface area contributed by atoms with Gasteiger partial charge < -0.3 is 9.67 Å². The highest BCUT2D eigenvalue weighted by molar-refractivity contribution is 7.13. The molecule has 0 saturated carbocycles. The summed E-state index contributed by atoms with van der Waals surface area (Å²) in [6.07, 6.45) is 0. The number of aromatic amines is 1. The Morgan fingerprint density at radius 2 is 1.87 bits per heavy atom. The minimum absolute atomic E-state index is 0.311. The number of benzene rings is 2. The summed E-state index contributed by atoms with van der Waals surface area (Å²) in [6.45, 7) is 0. The Hall–Kier alpha value is -3.78. The Morgan fingerprint density at radius 3 is 2.60 bits per heavy atom. The van der Waals surface area contributed by atoms with Gasteiger partial charge in [-0.05, 0) is 33.9 Å².